The highest BCUT2D eigenvalue weighted by atomic mass is 16.6. The number of hydrogen-bond acceptors (Lipinski definition) is 5. The van der Waals surface area contributed by atoms with Gasteiger partial charge in [0.15, 0.2) is 0 Å². The molecule has 0 aliphatic heterocycles. The minimum absolute atomic E-state index is 0.374. The van der Waals surface area contributed by atoms with Crippen LogP contribution >= 0.6 is 0 Å². The molecule has 2 aromatic rings. The van der Waals surface area contributed by atoms with Crippen LogP contribution in [0.3, 0.4) is 0 Å². The Morgan fingerprint density at radius 2 is 1.62 bits per heavy atom. The van der Waals surface area contributed by atoms with Gasteiger partial charge >= 0.3 is 6.09 Å². The normalized spacial score (nSPS) is 12.9. The van der Waals surface area contributed by atoms with E-state index in [1.807, 2.05) is 36.4 Å². The van der Waals surface area contributed by atoms with E-state index in [9.17, 15) is 14.9 Å². The second-order valence-corrected chi connectivity index (χ2v) is 7.51. The zero-order valence-electron chi connectivity index (χ0n) is 16.8. The third-order valence-corrected chi connectivity index (χ3v) is 3.92. The first-order chi connectivity index (χ1) is 13.8. The van der Waals surface area contributed by atoms with Crippen LogP contribution in [-0.2, 0) is 11.2 Å². The quantitative estimate of drug-likeness (QED) is 0.627. The molecule has 0 spiro atoms. The minimum atomic E-state index is -0.879. The highest BCUT2D eigenvalue weighted by Crippen LogP contribution is 2.10. The number of carbonyl (C=O) groups is 2. The highest BCUT2D eigenvalue weighted by molar-refractivity contribution is 5.93. The van der Waals surface area contributed by atoms with Gasteiger partial charge < -0.3 is 10.1 Å². The molecule has 2 aromatic carbocycles. The predicted molar refractivity (Wildman–Crippen MR) is 110 cm³/mol. The summed E-state index contributed by atoms with van der Waals surface area (Å²) in [4.78, 5) is 24.5. The van der Waals surface area contributed by atoms with Gasteiger partial charge in [0, 0.05) is 5.56 Å². The van der Waals surface area contributed by atoms with Crippen LogP contribution in [-0.4, -0.2) is 29.7 Å². The molecule has 2 rings (SSSR count). The molecule has 2 atom stereocenters. The number of hydrogen-bond donors (Lipinski definition) is 3. The Labute approximate surface area is 171 Å². The molecule has 7 nitrogen and oxygen atoms in total. The van der Waals surface area contributed by atoms with Gasteiger partial charge in [-0.2, -0.15) is 5.26 Å². The van der Waals surface area contributed by atoms with Crippen LogP contribution in [0.1, 0.15) is 36.7 Å². The summed E-state index contributed by atoms with van der Waals surface area (Å²) in [6, 6.07) is 18.7. The van der Waals surface area contributed by atoms with Crippen LogP contribution in [0.15, 0.2) is 60.7 Å². The van der Waals surface area contributed by atoms with Gasteiger partial charge in [-0.25, -0.2) is 10.2 Å². The molecule has 0 fully saturated rings. The number of rotatable bonds is 7. The first-order valence-electron chi connectivity index (χ1n) is 9.32. The summed E-state index contributed by atoms with van der Waals surface area (Å²) >= 11 is 0. The van der Waals surface area contributed by atoms with Gasteiger partial charge in [0.05, 0.1) is 12.1 Å². The third kappa shape index (κ3) is 7.64. The molecule has 0 aliphatic carbocycles. The molecule has 3 N–H and O–H groups in total. The number of benzene rings is 2. The van der Waals surface area contributed by atoms with Crippen molar-refractivity contribution in [1.29, 1.82) is 5.26 Å². The van der Waals surface area contributed by atoms with E-state index in [1.165, 1.54) is 0 Å². The molecule has 29 heavy (non-hydrogen) atoms. The number of nitriles is 1. The maximum Gasteiger partial charge on any atom is 0.407 e. The van der Waals surface area contributed by atoms with Crippen LogP contribution in [0, 0.1) is 11.3 Å². The molecule has 0 bridgehead atoms. The van der Waals surface area contributed by atoms with Crippen molar-refractivity contribution >= 4 is 12.0 Å². The Kier molecular flexibility index (Phi) is 7.75. The van der Waals surface area contributed by atoms with Crippen molar-refractivity contribution in [2.75, 3.05) is 0 Å². The van der Waals surface area contributed by atoms with Crippen LogP contribution in [0.25, 0.3) is 0 Å². The molecule has 7 heteroatoms. The molecule has 0 aromatic heterocycles. The summed E-state index contributed by atoms with van der Waals surface area (Å²) in [5.74, 6) is -0.374. The fourth-order valence-electron chi connectivity index (χ4n) is 2.61. The van der Waals surface area contributed by atoms with E-state index in [4.69, 9.17) is 4.74 Å². The Morgan fingerprint density at radius 3 is 2.17 bits per heavy atom. The first-order valence-corrected chi connectivity index (χ1v) is 9.32. The second-order valence-electron chi connectivity index (χ2n) is 7.51. The SMILES string of the molecule is CC(C)(C)OC(=O)N[C@@H](Cc1ccccc1)C(C#N)NNC(=O)c1ccccc1. The van der Waals surface area contributed by atoms with Gasteiger partial charge in [0.25, 0.3) is 5.91 Å². The molecular formula is C22H26N4O3. The lowest BCUT2D eigenvalue weighted by Crippen LogP contribution is -2.56. The number of hydrazine groups is 1. The largest absolute Gasteiger partial charge is 0.444 e. The van der Waals surface area contributed by atoms with E-state index >= 15 is 0 Å². The maximum absolute atomic E-state index is 12.3. The molecule has 1 unspecified atom stereocenters. The number of alkyl carbamates (subject to hydrolysis) is 1. The number of amides is 2. The molecule has 0 heterocycles. The van der Waals surface area contributed by atoms with Gasteiger partial charge in [-0.05, 0) is 44.9 Å². The van der Waals surface area contributed by atoms with Crippen molar-refractivity contribution in [3.63, 3.8) is 0 Å². The van der Waals surface area contributed by atoms with Crippen molar-refractivity contribution in [1.82, 2.24) is 16.2 Å². The van der Waals surface area contributed by atoms with Crippen molar-refractivity contribution in [2.45, 2.75) is 44.9 Å². The van der Waals surface area contributed by atoms with Gasteiger partial charge in [-0.3, -0.25) is 10.2 Å². The first kappa shape index (κ1) is 21.9. The summed E-state index contributed by atoms with van der Waals surface area (Å²) in [6.45, 7) is 5.29. The predicted octanol–water partition coefficient (Wildman–Crippen LogP) is 2.95. The number of nitrogens with zero attached hydrogens (tertiary/aromatic N) is 1. The molecule has 0 saturated carbocycles. The minimum Gasteiger partial charge on any atom is -0.444 e. The lowest BCUT2D eigenvalue weighted by atomic mass is 10.0. The summed E-state index contributed by atoms with van der Waals surface area (Å²) < 4.78 is 5.32. The molecule has 0 radical (unpaired) electrons. The molecular weight excluding hydrogens is 368 g/mol. The number of nitrogens with one attached hydrogen (secondary N) is 3. The zero-order valence-corrected chi connectivity index (χ0v) is 16.8. The zero-order chi connectivity index (χ0) is 21.3. The van der Waals surface area contributed by atoms with Crippen LogP contribution in [0.5, 0.6) is 0 Å². The van der Waals surface area contributed by atoms with E-state index in [0.717, 1.165) is 5.56 Å². The lowest BCUT2D eigenvalue weighted by molar-refractivity contribution is 0.0497. The van der Waals surface area contributed by atoms with E-state index in [-0.39, 0.29) is 5.91 Å². The summed E-state index contributed by atoms with van der Waals surface area (Å²) in [5.41, 5.74) is 5.98. The van der Waals surface area contributed by atoms with Crippen molar-refractivity contribution in [3.05, 3.63) is 71.8 Å². The smallest absolute Gasteiger partial charge is 0.407 e. The third-order valence-electron chi connectivity index (χ3n) is 3.92. The van der Waals surface area contributed by atoms with Gasteiger partial charge in [0.2, 0.25) is 0 Å². The molecule has 0 saturated heterocycles. The Morgan fingerprint density at radius 1 is 1.03 bits per heavy atom. The summed E-state index contributed by atoms with van der Waals surface area (Å²) in [6.07, 6.45) is -0.248. The highest BCUT2D eigenvalue weighted by Gasteiger charge is 2.26. The molecule has 2 amide bonds. The monoisotopic (exact) mass is 394 g/mol. The summed E-state index contributed by atoms with van der Waals surface area (Å²) in [5, 5.41) is 12.4. The topological polar surface area (TPSA) is 103 Å². The van der Waals surface area contributed by atoms with Gasteiger partial charge in [-0.15, -0.1) is 0 Å². The van der Waals surface area contributed by atoms with Crippen LogP contribution in [0.2, 0.25) is 0 Å². The van der Waals surface area contributed by atoms with Crippen molar-refractivity contribution < 1.29 is 14.3 Å². The number of carbonyl (C=O) groups excluding carboxylic acids is 2. The van der Waals surface area contributed by atoms with E-state index in [2.05, 4.69) is 22.2 Å². The number of ether oxygens (including phenoxy) is 1. The standard InChI is InChI=1S/C22H26N4O3/c1-22(2,3)29-21(28)24-18(14-16-10-6-4-7-11-16)19(15-23)25-26-20(27)17-12-8-5-9-13-17/h4-13,18-19,25H,14H2,1-3H3,(H,24,28)(H,26,27)/t18-,19?/m0/s1. The fraction of sp³-hybridized carbons (Fsp3) is 0.318. The lowest BCUT2D eigenvalue weighted by Gasteiger charge is -2.27. The Balaban J connectivity index is 2.10. The average molecular weight is 394 g/mol. The van der Waals surface area contributed by atoms with E-state index in [1.54, 1.807) is 45.0 Å². The summed E-state index contributed by atoms with van der Waals surface area (Å²) in [7, 11) is 0. The molecule has 0 aliphatic rings. The second kappa shape index (κ2) is 10.2. The van der Waals surface area contributed by atoms with E-state index in [0.29, 0.717) is 12.0 Å². The van der Waals surface area contributed by atoms with Gasteiger partial charge in [-0.1, -0.05) is 48.5 Å². The van der Waals surface area contributed by atoms with Crippen molar-refractivity contribution in [3.8, 4) is 6.07 Å². The van der Waals surface area contributed by atoms with Crippen molar-refractivity contribution in [2.24, 2.45) is 0 Å². The maximum atomic E-state index is 12.3. The average Bonchev–Trinajstić information content (AvgIpc) is 2.68. The fourth-order valence-corrected chi connectivity index (χ4v) is 2.61. The van der Waals surface area contributed by atoms with E-state index < -0.39 is 23.8 Å². The Hall–Kier alpha value is -3.37. The van der Waals surface area contributed by atoms with Gasteiger partial charge in [0.1, 0.15) is 11.6 Å². The Bertz CT molecular complexity index is 842. The van der Waals surface area contributed by atoms with Crippen LogP contribution < -0.4 is 16.2 Å². The van der Waals surface area contributed by atoms with Crippen LogP contribution in [0.4, 0.5) is 4.79 Å². The molecule has 152 valence electrons.